The molecular weight excluding hydrogens is 436 g/mol. The maximum atomic E-state index is 12.9. The van der Waals surface area contributed by atoms with Gasteiger partial charge in [-0.2, -0.15) is 4.31 Å². The number of hydrogen-bond donors (Lipinski definition) is 0. The lowest BCUT2D eigenvalue weighted by Crippen LogP contribution is -2.49. The van der Waals surface area contributed by atoms with Gasteiger partial charge in [0.15, 0.2) is 0 Å². The maximum absolute atomic E-state index is 12.9. The van der Waals surface area contributed by atoms with E-state index in [4.69, 9.17) is 4.74 Å². The Bertz CT molecular complexity index is 1210. The smallest absolute Gasteiger partial charge is 0.338 e. The van der Waals surface area contributed by atoms with Crippen LogP contribution in [0.25, 0.3) is 10.1 Å². The summed E-state index contributed by atoms with van der Waals surface area (Å²) in [6.45, 7) is 2.87. The number of amides is 1. The number of carbonyl (C=O) groups excluding carboxylic acids is 2. The van der Waals surface area contributed by atoms with Crippen molar-refractivity contribution in [2.75, 3.05) is 26.2 Å². The van der Waals surface area contributed by atoms with E-state index < -0.39 is 16.0 Å². The number of carbonyl (C=O) groups is 2. The molecule has 9 heteroatoms. The van der Waals surface area contributed by atoms with Gasteiger partial charge in [-0.25, -0.2) is 13.2 Å². The molecule has 2 heterocycles. The molecule has 162 valence electrons. The quantitative estimate of drug-likeness (QED) is 0.549. The van der Waals surface area contributed by atoms with E-state index in [-0.39, 0.29) is 30.5 Å². The first kappa shape index (κ1) is 21.5. The first-order valence-corrected chi connectivity index (χ1v) is 12.2. The van der Waals surface area contributed by atoms with Gasteiger partial charge in [0, 0.05) is 43.4 Å². The minimum Gasteiger partial charge on any atom is -0.457 e. The van der Waals surface area contributed by atoms with E-state index >= 15 is 0 Å². The van der Waals surface area contributed by atoms with Gasteiger partial charge in [0.2, 0.25) is 15.9 Å². The lowest BCUT2D eigenvalue weighted by atomic mass is 10.2. The highest BCUT2D eigenvalue weighted by molar-refractivity contribution is 7.89. The molecule has 0 radical (unpaired) electrons. The Kier molecular flexibility index (Phi) is 6.08. The number of benzene rings is 2. The van der Waals surface area contributed by atoms with Crippen LogP contribution in [0, 0.1) is 0 Å². The molecule has 0 saturated carbocycles. The molecule has 1 saturated heterocycles. The zero-order valence-electron chi connectivity index (χ0n) is 17.0. The van der Waals surface area contributed by atoms with E-state index in [0.717, 1.165) is 15.6 Å². The fourth-order valence-electron chi connectivity index (χ4n) is 3.53. The standard InChI is InChI=1S/C22H22N2O5S2/c1-16(25)23-10-12-24(13-11-23)31(27,28)19-8-6-17(7-9-19)22(26)29-14-18-15-30-21-5-3-2-4-20(18)21/h2-9,15H,10-14H2,1H3. The molecule has 2 aromatic carbocycles. The molecule has 7 nitrogen and oxygen atoms in total. The lowest BCUT2D eigenvalue weighted by Gasteiger charge is -2.33. The highest BCUT2D eigenvalue weighted by Crippen LogP contribution is 2.26. The molecule has 0 spiro atoms. The average molecular weight is 459 g/mol. The Labute approximate surface area is 184 Å². The number of nitrogens with zero attached hydrogens (tertiary/aromatic N) is 2. The number of hydrogen-bond acceptors (Lipinski definition) is 6. The Morgan fingerprint density at radius 2 is 1.68 bits per heavy atom. The topological polar surface area (TPSA) is 84.0 Å². The summed E-state index contributed by atoms with van der Waals surface area (Å²) in [5.41, 5.74) is 1.23. The number of rotatable bonds is 5. The van der Waals surface area contributed by atoms with Crippen LogP contribution in [-0.2, 0) is 26.2 Å². The summed E-state index contributed by atoms with van der Waals surface area (Å²) < 4.78 is 33.6. The van der Waals surface area contributed by atoms with Crippen LogP contribution in [0.3, 0.4) is 0 Å². The fraction of sp³-hybridized carbons (Fsp3) is 0.273. The monoisotopic (exact) mass is 458 g/mol. The summed E-state index contributed by atoms with van der Waals surface area (Å²) >= 11 is 1.60. The molecule has 1 fully saturated rings. The Hall–Kier alpha value is -2.75. The van der Waals surface area contributed by atoms with Crippen LogP contribution in [0.5, 0.6) is 0 Å². The zero-order valence-corrected chi connectivity index (χ0v) is 18.6. The van der Waals surface area contributed by atoms with Crippen LogP contribution in [0.15, 0.2) is 58.8 Å². The van der Waals surface area contributed by atoms with Crippen LogP contribution in [0.4, 0.5) is 0 Å². The molecule has 0 aliphatic carbocycles. The van der Waals surface area contributed by atoms with Crippen molar-refractivity contribution in [1.82, 2.24) is 9.21 Å². The summed E-state index contributed by atoms with van der Waals surface area (Å²) in [6, 6.07) is 13.7. The van der Waals surface area contributed by atoms with Gasteiger partial charge in [-0.15, -0.1) is 11.3 Å². The minimum absolute atomic E-state index is 0.0598. The number of fused-ring (bicyclic) bond motifs is 1. The SMILES string of the molecule is CC(=O)N1CCN(S(=O)(=O)c2ccc(C(=O)OCc3csc4ccccc34)cc2)CC1. The number of piperazine rings is 1. The van der Waals surface area contributed by atoms with Crippen LogP contribution in [-0.4, -0.2) is 55.7 Å². The molecule has 0 atom stereocenters. The second-order valence-corrected chi connectivity index (χ2v) is 10.1. The minimum atomic E-state index is -3.68. The molecule has 0 N–H and O–H groups in total. The molecule has 1 aliphatic rings. The van der Waals surface area contributed by atoms with E-state index in [1.165, 1.54) is 35.5 Å². The first-order chi connectivity index (χ1) is 14.9. The van der Waals surface area contributed by atoms with Crippen molar-refractivity contribution < 1.29 is 22.7 Å². The number of esters is 1. The van der Waals surface area contributed by atoms with Crippen molar-refractivity contribution in [2.24, 2.45) is 0 Å². The lowest BCUT2D eigenvalue weighted by molar-refractivity contribution is -0.129. The zero-order chi connectivity index (χ0) is 22.0. The van der Waals surface area contributed by atoms with Crippen molar-refractivity contribution in [3.05, 3.63) is 65.0 Å². The van der Waals surface area contributed by atoms with E-state index in [0.29, 0.717) is 18.7 Å². The first-order valence-electron chi connectivity index (χ1n) is 9.84. The van der Waals surface area contributed by atoms with Crippen molar-refractivity contribution in [3.8, 4) is 0 Å². The molecule has 1 amide bonds. The predicted octanol–water partition coefficient (Wildman–Crippen LogP) is 3.11. The second-order valence-electron chi connectivity index (χ2n) is 7.27. The van der Waals surface area contributed by atoms with Crippen molar-refractivity contribution in [2.45, 2.75) is 18.4 Å². The number of sulfonamides is 1. The molecular formula is C22H22N2O5S2. The van der Waals surface area contributed by atoms with Crippen LogP contribution >= 0.6 is 11.3 Å². The van der Waals surface area contributed by atoms with Gasteiger partial charge in [-0.05, 0) is 41.1 Å². The van der Waals surface area contributed by atoms with Crippen molar-refractivity contribution in [1.29, 1.82) is 0 Å². The summed E-state index contributed by atoms with van der Waals surface area (Å²) in [4.78, 5) is 25.6. The molecule has 0 unspecified atom stereocenters. The molecule has 3 aromatic rings. The second kappa shape index (κ2) is 8.78. The van der Waals surface area contributed by atoms with Gasteiger partial charge in [0.1, 0.15) is 6.61 Å². The number of ether oxygens (including phenoxy) is 1. The highest BCUT2D eigenvalue weighted by Gasteiger charge is 2.29. The Balaban J connectivity index is 1.40. The fourth-order valence-corrected chi connectivity index (χ4v) is 5.90. The highest BCUT2D eigenvalue weighted by atomic mass is 32.2. The van der Waals surface area contributed by atoms with E-state index in [2.05, 4.69) is 0 Å². The number of thiophene rings is 1. The maximum Gasteiger partial charge on any atom is 0.338 e. The summed E-state index contributed by atoms with van der Waals surface area (Å²) in [5.74, 6) is -0.565. The van der Waals surface area contributed by atoms with Gasteiger partial charge in [-0.1, -0.05) is 18.2 Å². The molecule has 31 heavy (non-hydrogen) atoms. The third-order valence-electron chi connectivity index (χ3n) is 5.33. The van der Waals surface area contributed by atoms with Gasteiger partial charge in [0.25, 0.3) is 0 Å². The molecule has 1 aliphatic heterocycles. The van der Waals surface area contributed by atoms with Gasteiger partial charge in [-0.3, -0.25) is 4.79 Å². The normalized spacial score (nSPS) is 15.2. The largest absolute Gasteiger partial charge is 0.457 e. The van der Waals surface area contributed by atoms with Crippen LogP contribution < -0.4 is 0 Å². The van der Waals surface area contributed by atoms with Crippen molar-refractivity contribution >= 4 is 43.3 Å². The predicted molar refractivity (Wildman–Crippen MR) is 118 cm³/mol. The third-order valence-corrected chi connectivity index (χ3v) is 8.26. The molecule has 1 aromatic heterocycles. The summed E-state index contributed by atoms with van der Waals surface area (Å²) in [6.07, 6.45) is 0. The van der Waals surface area contributed by atoms with Gasteiger partial charge in [0.05, 0.1) is 10.5 Å². The van der Waals surface area contributed by atoms with Crippen molar-refractivity contribution in [3.63, 3.8) is 0 Å². The molecule has 0 bridgehead atoms. The van der Waals surface area contributed by atoms with Gasteiger partial charge < -0.3 is 9.64 Å². The third kappa shape index (κ3) is 4.48. The van der Waals surface area contributed by atoms with Crippen LogP contribution in [0.1, 0.15) is 22.8 Å². The Morgan fingerprint density at radius 1 is 1.00 bits per heavy atom. The molecule has 4 rings (SSSR count). The summed E-state index contributed by atoms with van der Waals surface area (Å²) in [7, 11) is -3.68. The van der Waals surface area contributed by atoms with E-state index in [1.807, 2.05) is 29.6 Å². The van der Waals surface area contributed by atoms with Crippen LogP contribution in [0.2, 0.25) is 0 Å². The van der Waals surface area contributed by atoms with E-state index in [9.17, 15) is 18.0 Å². The van der Waals surface area contributed by atoms with E-state index in [1.54, 1.807) is 16.2 Å². The summed E-state index contributed by atoms with van der Waals surface area (Å²) in [5, 5.41) is 3.03. The Morgan fingerprint density at radius 3 is 2.35 bits per heavy atom. The average Bonchev–Trinajstić information content (AvgIpc) is 3.20. The van der Waals surface area contributed by atoms with Gasteiger partial charge >= 0.3 is 5.97 Å².